The lowest BCUT2D eigenvalue weighted by atomic mass is 10.1. The molecule has 1 heterocycles. The zero-order valence-electron chi connectivity index (χ0n) is 9.47. The van der Waals surface area contributed by atoms with Gasteiger partial charge in [0, 0.05) is 28.2 Å². The van der Waals surface area contributed by atoms with Gasteiger partial charge in [0.25, 0.3) is 0 Å². The fourth-order valence-electron chi connectivity index (χ4n) is 2.36. The van der Waals surface area contributed by atoms with E-state index in [2.05, 4.69) is 37.5 Å². The van der Waals surface area contributed by atoms with Crippen LogP contribution in [0.25, 0.3) is 10.9 Å². The highest BCUT2D eigenvalue weighted by atomic mass is 35.5. The first-order valence-electron chi connectivity index (χ1n) is 5.46. The Morgan fingerprint density at radius 3 is 2.60 bits per heavy atom. The van der Waals surface area contributed by atoms with E-state index < -0.39 is 0 Å². The number of aryl methyl sites for hydroxylation is 2. The summed E-state index contributed by atoms with van der Waals surface area (Å²) in [5.41, 5.74) is 4.10. The zero-order valence-corrected chi connectivity index (χ0v) is 10.2. The molecule has 2 rings (SSSR count). The van der Waals surface area contributed by atoms with Crippen LogP contribution in [0.4, 0.5) is 0 Å². The normalized spacial score (nSPS) is 11.2. The second-order valence-corrected chi connectivity index (χ2v) is 4.27. The molecule has 2 heteroatoms. The Morgan fingerprint density at radius 1 is 1.27 bits per heavy atom. The highest BCUT2D eigenvalue weighted by Gasteiger charge is 2.11. The van der Waals surface area contributed by atoms with E-state index in [0.717, 1.165) is 18.0 Å². The molecule has 0 aliphatic heterocycles. The standard InChI is InChI=1S/C13H16ClN/c1-4-12-9(3)11-8-10(14)6-7-13(11)15(12)5-2/h6-8H,4-5H2,1-3H3. The number of halogens is 1. The highest BCUT2D eigenvalue weighted by Crippen LogP contribution is 2.28. The number of hydrogen-bond acceptors (Lipinski definition) is 0. The second-order valence-electron chi connectivity index (χ2n) is 3.83. The van der Waals surface area contributed by atoms with Crippen molar-refractivity contribution in [3.05, 3.63) is 34.5 Å². The van der Waals surface area contributed by atoms with Crippen molar-refractivity contribution in [2.24, 2.45) is 0 Å². The average Bonchev–Trinajstić information content (AvgIpc) is 2.51. The van der Waals surface area contributed by atoms with E-state index in [4.69, 9.17) is 11.6 Å². The summed E-state index contributed by atoms with van der Waals surface area (Å²) in [5.74, 6) is 0. The van der Waals surface area contributed by atoms with Crippen LogP contribution in [-0.4, -0.2) is 4.57 Å². The Hall–Kier alpha value is -0.950. The van der Waals surface area contributed by atoms with Crippen molar-refractivity contribution in [3.63, 3.8) is 0 Å². The summed E-state index contributed by atoms with van der Waals surface area (Å²) in [6.45, 7) is 7.60. The summed E-state index contributed by atoms with van der Waals surface area (Å²) in [6, 6.07) is 6.15. The largest absolute Gasteiger partial charge is 0.345 e. The molecule has 2 aromatic rings. The van der Waals surface area contributed by atoms with Gasteiger partial charge in [-0.05, 0) is 44.0 Å². The predicted octanol–water partition coefficient (Wildman–Crippen LogP) is 4.19. The Kier molecular flexibility index (Phi) is 2.74. The van der Waals surface area contributed by atoms with E-state index in [1.165, 1.54) is 22.2 Å². The molecule has 15 heavy (non-hydrogen) atoms. The fourth-order valence-corrected chi connectivity index (χ4v) is 2.54. The Bertz CT molecular complexity index is 497. The first-order valence-corrected chi connectivity index (χ1v) is 5.84. The molecular formula is C13H16ClN. The van der Waals surface area contributed by atoms with E-state index in [-0.39, 0.29) is 0 Å². The molecule has 0 unspecified atom stereocenters. The van der Waals surface area contributed by atoms with Gasteiger partial charge in [-0.25, -0.2) is 0 Å². The van der Waals surface area contributed by atoms with Gasteiger partial charge in [0.15, 0.2) is 0 Å². The highest BCUT2D eigenvalue weighted by molar-refractivity contribution is 6.31. The predicted molar refractivity (Wildman–Crippen MR) is 66.7 cm³/mol. The van der Waals surface area contributed by atoms with E-state index in [9.17, 15) is 0 Å². The van der Waals surface area contributed by atoms with Crippen LogP contribution in [0.15, 0.2) is 18.2 Å². The SMILES string of the molecule is CCc1c(C)c2cc(Cl)ccc2n1CC. The maximum Gasteiger partial charge on any atom is 0.0486 e. The van der Waals surface area contributed by atoms with Crippen molar-refractivity contribution in [1.82, 2.24) is 4.57 Å². The summed E-state index contributed by atoms with van der Waals surface area (Å²) >= 11 is 6.03. The van der Waals surface area contributed by atoms with Gasteiger partial charge in [-0.3, -0.25) is 0 Å². The molecule has 1 aromatic heterocycles. The van der Waals surface area contributed by atoms with E-state index in [1.807, 2.05) is 6.07 Å². The molecule has 0 saturated heterocycles. The number of fused-ring (bicyclic) bond motifs is 1. The summed E-state index contributed by atoms with van der Waals surface area (Å²) in [6.07, 6.45) is 1.08. The van der Waals surface area contributed by atoms with Crippen molar-refractivity contribution >= 4 is 22.5 Å². The van der Waals surface area contributed by atoms with Crippen LogP contribution in [0.3, 0.4) is 0 Å². The molecule has 1 nitrogen and oxygen atoms in total. The first-order chi connectivity index (χ1) is 7.19. The van der Waals surface area contributed by atoms with Crippen LogP contribution in [0.1, 0.15) is 25.1 Å². The minimum atomic E-state index is 0.821. The quantitative estimate of drug-likeness (QED) is 0.717. The van der Waals surface area contributed by atoms with Crippen LogP contribution in [0.2, 0.25) is 5.02 Å². The summed E-state index contributed by atoms with van der Waals surface area (Å²) in [4.78, 5) is 0. The molecule has 0 spiro atoms. The number of aromatic nitrogens is 1. The third-order valence-electron chi connectivity index (χ3n) is 3.06. The third kappa shape index (κ3) is 1.55. The number of hydrogen-bond donors (Lipinski definition) is 0. The molecule has 0 N–H and O–H groups in total. The number of nitrogens with zero attached hydrogens (tertiary/aromatic N) is 1. The molecule has 0 fully saturated rings. The van der Waals surface area contributed by atoms with Crippen molar-refractivity contribution in [1.29, 1.82) is 0 Å². The zero-order chi connectivity index (χ0) is 11.0. The smallest absolute Gasteiger partial charge is 0.0486 e. The lowest BCUT2D eigenvalue weighted by Gasteiger charge is -2.05. The van der Waals surface area contributed by atoms with Crippen molar-refractivity contribution in [2.75, 3.05) is 0 Å². The molecule has 0 aliphatic carbocycles. The van der Waals surface area contributed by atoms with Crippen LogP contribution < -0.4 is 0 Å². The maximum absolute atomic E-state index is 6.03. The molecule has 0 aliphatic rings. The maximum atomic E-state index is 6.03. The van der Waals surface area contributed by atoms with E-state index in [1.54, 1.807) is 0 Å². The topological polar surface area (TPSA) is 4.93 Å². The molecule has 80 valence electrons. The average molecular weight is 222 g/mol. The number of benzene rings is 1. The molecule has 0 bridgehead atoms. The van der Waals surface area contributed by atoms with Crippen LogP contribution in [0.5, 0.6) is 0 Å². The fraction of sp³-hybridized carbons (Fsp3) is 0.385. The summed E-state index contributed by atoms with van der Waals surface area (Å²) < 4.78 is 2.38. The lowest BCUT2D eigenvalue weighted by Crippen LogP contribution is -1.99. The minimum Gasteiger partial charge on any atom is -0.345 e. The first kappa shape index (κ1) is 10.6. The van der Waals surface area contributed by atoms with E-state index in [0.29, 0.717) is 0 Å². The van der Waals surface area contributed by atoms with Crippen LogP contribution in [0, 0.1) is 6.92 Å². The van der Waals surface area contributed by atoms with Crippen molar-refractivity contribution < 1.29 is 0 Å². The molecule has 1 aromatic carbocycles. The third-order valence-corrected chi connectivity index (χ3v) is 3.30. The van der Waals surface area contributed by atoms with Gasteiger partial charge in [0.05, 0.1) is 0 Å². The van der Waals surface area contributed by atoms with Gasteiger partial charge in [-0.2, -0.15) is 0 Å². The Balaban J connectivity index is 2.84. The van der Waals surface area contributed by atoms with Gasteiger partial charge < -0.3 is 4.57 Å². The van der Waals surface area contributed by atoms with Crippen LogP contribution >= 0.6 is 11.6 Å². The monoisotopic (exact) mass is 221 g/mol. The molecule has 0 atom stereocenters. The summed E-state index contributed by atoms with van der Waals surface area (Å²) in [7, 11) is 0. The summed E-state index contributed by atoms with van der Waals surface area (Å²) in [5, 5.41) is 2.11. The van der Waals surface area contributed by atoms with Gasteiger partial charge in [0.2, 0.25) is 0 Å². The lowest BCUT2D eigenvalue weighted by molar-refractivity contribution is 0.741. The van der Waals surface area contributed by atoms with Crippen LogP contribution in [-0.2, 0) is 13.0 Å². The van der Waals surface area contributed by atoms with Gasteiger partial charge in [0.1, 0.15) is 0 Å². The van der Waals surface area contributed by atoms with Crippen molar-refractivity contribution in [2.45, 2.75) is 33.7 Å². The molecular weight excluding hydrogens is 206 g/mol. The van der Waals surface area contributed by atoms with Gasteiger partial charge >= 0.3 is 0 Å². The Morgan fingerprint density at radius 2 is 2.00 bits per heavy atom. The van der Waals surface area contributed by atoms with Gasteiger partial charge in [-0.15, -0.1) is 0 Å². The van der Waals surface area contributed by atoms with Gasteiger partial charge in [-0.1, -0.05) is 18.5 Å². The molecule has 0 radical (unpaired) electrons. The molecule has 0 amide bonds. The molecule has 0 saturated carbocycles. The minimum absolute atomic E-state index is 0.821. The number of rotatable bonds is 2. The van der Waals surface area contributed by atoms with Crippen molar-refractivity contribution in [3.8, 4) is 0 Å². The Labute approximate surface area is 95.7 Å². The van der Waals surface area contributed by atoms with E-state index >= 15 is 0 Å². The second kappa shape index (κ2) is 3.90.